The fourth-order valence-corrected chi connectivity index (χ4v) is 1.68. The number of guanidine groups is 1. The van der Waals surface area contributed by atoms with Gasteiger partial charge in [0.15, 0.2) is 5.96 Å². The monoisotopic (exact) mass is 282 g/mol. The van der Waals surface area contributed by atoms with E-state index in [1.165, 1.54) is 12.0 Å². The van der Waals surface area contributed by atoms with Gasteiger partial charge in [-0.15, -0.1) is 0 Å². The zero-order valence-corrected chi connectivity index (χ0v) is 12.5. The van der Waals surface area contributed by atoms with Crippen molar-refractivity contribution in [3.8, 4) is 0 Å². The van der Waals surface area contributed by atoms with E-state index in [4.69, 9.17) is 11.6 Å². The Hall–Kier alpha value is -1.29. The lowest BCUT2D eigenvalue weighted by molar-refractivity contribution is 0.767. The van der Waals surface area contributed by atoms with Gasteiger partial charge in [0.2, 0.25) is 0 Å². The highest BCUT2D eigenvalue weighted by atomic mass is 35.5. The molecule has 0 aliphatic heterocycles. The first kappa shape index (κ1) is 15.8. The van der Waals surface area contributed by atoms with Crippen molar-refractivity contribution in [3.05, 3.63) is 29.0 Å². The molecule has 19 heavy (non-hydrogen) atoms. The van der Waals surface area contributed by atoms with Crippen molar-refractivity contribution in [1.82, 2.24) is 15.6 Å². The lowest BCUT2D eigenvalue weighted by Crippen LogP contribution is -2.38. The number of halogens is 1. The van der Waals surface area contributed by atoms with Gasteiger partial charge in [-0.1, -0.05) is 31.0 Å². The minimum absolute atomic E-state index is 0.533. The van der Waals surface area contributed by atoms with Crippen LogP contribution in [0.1, 0.15) is 32.3 Å². The van der Waals surface area contributed by atoms with E-state index in [1.807, 2.05) is 18.3 Å². The lowest BCUT2D eigenvalue weighted by atomic mass is 10.2. The standard InChI is InChI=1S/C14H23ClN4/c1-3-5-9-17-14(16-4-2)18-10-8-12-6-7-13(15)19-11-12/h6-7,11H,3-5,8-10H2,1-2H3,(H2,16,17,18). The molecule has 1 rings (SSSR count). The second-order valence-corrected chi connectivity index (χ2v) is 4.67. The quantitative estimate of drug-likeness (QED) is 0.350. The van der Waals surface area contributed by atoms with Crippen LogP contribution in [0.3, 0.4) is 0 Å². The number of aromatic nitrogens is 1. The predicted molar refractivity (Wildman–Crippen MR) is 81.8 cm³/mol. The maximum Gasteiger partial charge on any atom is 0.191 e. The normalized spacial score (nSPS) is 11.4. The molecule has 1 aromatic rings. The van der Waals surface area contributed by atoms with Gasteiger partial charge in [-0.3, -0.25) is 4.99 Å². The Balaban J connectivity index is 2.34. The Morgan fingerprint density at radius 2 is 2.16 bits per heavy atom. The van der Waals surface area contributed by atoms with Crippen molar-refractivity contribution >= 4 is 17.6 Å². The largest absolute Gasteiger partial charge is 0.357 e. The summed E-state index contributed by atoms with van der Waals surface area (Å²) in [5, 5.41) is 7.09. The van der Waals surface area contributed by atoms with Crippen molar-refractivity contribution in [2.75, 3.05) is 19.6 Å². The Morgan fingerprint density at radius 1 is 1.32 bits per heavy atom. The van der Waals surface area contributed by atoms with Crippen LogP contribution in [0.4, 0.5) is 0 Å². The van der Waals surface area contributed by atoms with E-state index in [1.54, 1.807) is 0 Å². The van der Waals surface area contributed by atoms with E-state index < -0.39 is 0 Å². The molecule has 1 heterocycles. The van der Waals surface area contributed by atoms with E-state index >= 15 is 0 Å². The number of rotatable bonds is 7. The molecule has 1 aromatic heterocycles. The van der Waals surface area contributed by atoms with Gasteiger partial charge in [0, 0.05) is 25.8 Å². The Morgan fingerprint density at radius 3 is 2.79 bits per heavy atom. The number of hydrogen-bond donors (Lipinski definition) is 2. The summed E-state index contributed by atoms with van der Waals surface area (Å²) in [4.78, 5) is 8.57. The van der Waals surface area contributed by atoms with Crippen LogP contribution in [-0.2, 0) is 6.42 Å². The fourth-order valence-electron chi connectivity index (χ4n) is 1.57. The summed E-state index contributed by atoms with van der Waals surface area (Å²) in [5.41, 5.74) is 1.17. The average Bonchev–Trinajstić information content (AvgIpc) is 2.41. The molecule has 0 amide bonds. The van der Waals surface area contributed by atoms with E-state index in [2.05, 4.69) is 34.5 Å². The molecule has 0 aromatic carbocycles. The van der Waals surface area contributed by atoms with E-state index in [9.17, 15) is 0 Å². The SMILES string of the molecule is CCCCN=C(NCC)NCCc1ccc(Cl)nc1. The van der Waals surface area contributed by atoms with Crippen LogP contribution < -0.4 is 10.6 Å². The van der Waals surface area contributed by atoms with Gasteiger partial charge in [-0.2, -0.15) is 0 Å². The first-order valence-corrected chi connectivity index (χ1v) is 7.26. The molecule has 0 unspecified atom stereocenters. The lowest BCUT2D eigenvalue weighted by Gasteiger charge is -2.11. The second kappa shape index (κ2) is 9.62. The summed E-state index contributed by atoms with van der Waals surface area (Å²) in [6.45, 7) is 6.82. The summed E-state index contributed by atoms with van der Waals surface area (Å²) >= 11 is 5.75. The summed E-state index contributed by atoms with van der Waals surface area (Å²) in [7, 11) is 0. The van der Waals surface area contributed by atoms with Crippen molar-refractivity contribution in [3.63, 3.8) is 0 Å². The molecule has 0 atom stereocenters. The number of hydrogen-bond acceptors (Lipinski definition) is 2. The molecular formula is C14H23ClN4. The van der Waals surface area contributed by atoms with Crippen molar-refractivity contribution < 1.29 is 0 Å². The molecule has 0 radical (unpaired) electrons. The van der Waals surface area contributed by atoms with Crippen LogP contribution in [0.5, 0.6) is 0 Å². The topological polar surface area (TPSA) is 49.3 Å². The van der Waals surface area contributed by atoms with Crippen molar-refractivity contribution in [2.45, 2.75) is 33.1 Å². The predicted octanol–water partition coefficient (Wildman–Crippen LogP) is 2.63. The maximum atomic E-state index is 5.75. The highest BCUT2D eigenvalue weighted by Gasteiger charge is 1.98. The van der Waals surface area contributed by atoms with Crippen molar-refractivity contribution in [2.24, 2.45) is 4.99 Å². The van der Waals surface area contributed by atoms with Crippen LogP contribution in [0, 0.1) is 0 Å². The molecule has 0 aliphatic carbocycles. The maximum absolute atomic E-state index is 5.75. The van der Waals surface area contributed by atoms with Crippen LogP contribution in [0.2, 0.25) is 5.15 Å². The zero-order chi connectivity index (χ0) is 13.9. The van der Waals surface area contributed by atoms with Gasteiger partial charge < -0.3 is 10.6 Å². The minimum atomic E-state index is 0.533. The minimum Gasteiger partial charge on any atom is -0.357 e. The van der Waals surface area contributed by atoms with E-state index in [0.29, 0.717) is 5.15 Å². The number of nitrogens with one attached hydrogen (secondary N) is 2. The van der Waals surface area contributed by atoms with Crippen molar-refractivity contribution in [1.29, 1.82) is 0 Å². The van der Waals surface area contributed by atoms with Gasteiger partial charge in [-0.25, -0.2) is 4.98 Å². The van der Waals surface area contributed by atoms with Gasteiger partial charge in [0.1, 0.15) is 5.15 Å². The first-order chi connectivity index (χ1) is 9.26. The summed E-state index contributed by atoms with van der Waals surface area (Å²) in [6.07, 6.45) is 5.00. The molecule has 0 aliphatic rings. The number of unbranched alkanes of at least 4 members (excludes halogenated alkanes) is 1. The molecule has 0 spiro atoms. The Labute approximate surface area is 120 Å². The molecule has 0 saturated carbocycles. The van der Waals surface area contributed by atoms with Crippen LogP contribution >= 0.6 is 11.6 Å². The number of pyridine rings is 1. The fraction of sp³-hybridized carbons (Fsp3) is 0.571. The second-order valence-electron chi connectivity index (χ2n) is 4.28. The third-order valence-electron chi connectivity index (χ3n) is 2.62. The molecule has 106 valence electrons. The molecular weight excluding hydrogens is 260 g/mol. The first-order valence-electron chi connectivity index (χ1n) is 6.88. The molecule has 0 saturated heterocycles. The molecule has 5 heteroatoms. The van der Waals surface area contributed by atoms with Gasteiger partial charge >= 0.3 is 0 Å². The molecule has 0 bridgehead atoms. The highest BCUT2D eigenvalue weighted by Crippen LogP contribution is 2.05. The van der Waals surface area contributed by atoms with Crippen LogP contribution in [-0.4, -0.2) is 30.6 Å². The van der Waals surface area contributed by atoms with E-state index in [-0.39, 0.29) is 0 Å². The number of nitrogens with zero attached hydrogens (tertiary/aromatic N) is 2. The van der Waals surface area contributed by atoms with Gasteiger partial charge in [0.05, 0.1) is 0 Å². The highest BCUT2D eigenvalue weighted by molar-refractivity contribution is 6.29. The smallest absolute Gasteiger partial charge is 0.191 e. The van der Waals surface area contributed by atoms with Crippen LogP contribution in [0.25, 0.3) is 0 Å². The third kappa shape index (κ3) is 7.01. The summed E-state index contributed by atoms with van der Waals surface area (Å²) in [6, 6.07) is 3.82. The average molecular weight is 283 g/mol. The van der Waals surface area contributed by atoms with Crippen LogP contribution in [0.15, 0.2) is 23.3 Å². The van der Waals surface area contributed by atoms with E-state index in [0.717, 1.165) is 38.4 Å². The Kier molecular flexibility index (Phi) is 7.98. The Bertz CT molecular complexity index is 376. The molecule has 4 nitrogen and oxygen atoms in total. The van der Waals surface area contributed by atoms with Gasteiger partial charge in [0.25, 0.3) is 0 Å². The number of aliphatic imine (C=N–C) groups is 1. The molecule has 2 N–H and O–H groups in total. The summed E-state index contributed by atoms with van der Waals surface area (Å²) in [5.74, 6) is 0.887. The molecule has 0 fully saturated rings. The zero-order valence-electron chi connectivity index (χ0n) is 11.7. The summed E-state index contributed by atoms with van der Waals surface area (Å²) < 4.78 is 0. The third-order valence-corrected chi connectivity index (χ3v) is 2.84. The van der Waals surface area contributed by atoms with Gasteiger partial charge in [-0.05, 0) is 31.4 Å².